The Morgan fingerprint density at radius 3 is 2.79 bits per heavy atom. The Labute approximate surface area is 192 Å². The van der Waals surface area contributed by atoms with Gasteiger partial charge in [-0.2, -0.15) is 0 Å². The summed E-state index contributed by atoms with van der Waals surface area (Å²) in [6, 6.07) is 12.5. The van der Waals surface area contributed by atoms with E-state index >= 15 is 0 Å². The molecule has 3 aromatic rings. The van der Waals surface area contributed by atoms with E-state index in [1.165, 1.54) is 18.9 Å². The molecule has 172 valence electrons. The Balaban J connectivity index is 1.59. The van der Waals surface area contributed by atoms with E-state index in [-0.39, 0.29) is 16.7 Å². The lowest BCUT2D eigenvalue weighted by Gasteiger charge is -2.22. The number of aromatic nitrogens is 3. The number of nitrogens with one attached hydrogen (secondary N) is 1. The number of non-ortho nitro benzene ring substituents is 1. The monoisotopic (exact) mass is 448 g/mol. The van der Waals surface area contributed by atoms with Crippen LogP contribution in [0.15, 0.2) is 42.5 Å². The van der Waals surface area contributed by atoms with Crippen LogP contribution in [0.2, 0.25) is 0 Å². The van der Waals surface area contributed by atoms with E-state index in [1.54, 1.807) is 12.1 Å². The normalized spacial score (nSPS) is 17.9. The molecule has 1 atom stereocenters. The van der Waals surface area contributed by atoms with Crippen molar-refractivity contribution in [3.63, 3.8) is 0 Å². The molecular formula is C24H28N6O3. The van der Waals surface area contributed by atoms with Gasteiger partial charge in [0.05, 0.1) is 29.8 Å². The van der Waals surface area contributed by atoms with Gasteiger partial charge < -0.3 is 9.64 Å². The maximum absolute atomic E-state index is 11.4. The average Bonchev–Trinajstić information content (AvgIpc) is 3.45. The first-order valence-electron chi connectivity index (χ1n) is 11.5. The molecule has 1 saturated heterocycles. The predicted octanol–water partition coefficient (Wildman–Crippen LogP) is 3.41. The van der Waals surface area contributed by atoms with Crippen LogP contribution in [-0.2, 0) is 13.0 Å². The lowest BCUT2D eigenvalue weighted by atomic mass is 9.96. The third kappa shape index (κ3) is 4.21. The molecule has 1 fully saturated rings. The summed E-state index contributed by atoms with van der Waals surface area (Å²) in [5.41, 5.74) is 2.81. The van der Waals surface area contributed by atoms with Gasteiger partial charge in [-0.25, -0.2) is 0 Å². The summed E-state index contributed by atoms with van der Waals surface area (Å²) in [4.78, 5) is 13.5. The van der Waals surface area contributed by atoms with Gasteiger partial charge in [-0.3, -0.25) is 20.0 Å². The summed E-state index contributed by atoms with van der Waals surface area (Å²) in [7, 11) is 0. The van der Waals surface area contributed by atoms with Crippen molar-refractivity contribution in [3.8, 4) is 11.4 Å². The highest BCUT2D eigenvalue weighted by Gasteiger charge is 2.29. The van der Waals surface area contributed by atoms with Crippen molar-refractivity contribution < 1.29 is 9.66 Å². The van der Waals surface area contributed by atoms with Crippen molar-refractivity contribution in [2.45, 2.75) is 38.8 Å². The molecule has 0 aliphatic carbocycles. The molecular weight excluding hydrogens is 420 g/mol. The molecule has 9 nitrogen and oxygen atoms in total. The first kappa shape index (κ1) is 21.5. The van der Waals surface area contributed by atoms with Gasteiger partial charge in [-0.15, -0.1) is 10.2 Å². The molecule has 0 spiro atoms. The number of fused-ring (bicyclic) bond motifs is 3. The highest BCUT2D eigenvalue weighted by molar-refractivity contribution is 5.58. The van der Waals surface area contributed by atoms with Crippen molar-refractivity contribution >= 4 is 5.69 Å². The van der Waals surface area contributed by atoms with Crippen LogP contribution >= 0.6 is 0 Å². The summed E-state index contributed by atoms with van der Waals surface area (Å²) in [6.07, 6.45) is 3.31. The van der Waals surface area contributed by atoms with Crippen LogP contribution in [0.3, 0.4) is 0 Å². The number of benzene rings is 2. The third-order valence-corrected chi connectivity index (χ3v) is 6.39. The largest absolute Gasteiger partial charge is 0.492 e. The van der Waals surface area contributed by atoms with Crippen molar-refractivity contribution in [2.75, 3.05) is 26.2 Å². The van der Waals surface area contributed by atoms with E-state index in [9.17, 15) is 10.1 Å². The maximum Gasteiger partial charge on any atom is 0.269 e. The summed E-state index contributed by atoms with van der Waals surface area (Å²) >= 11 is 0. The highest BCUT2D eigenvalue weighted by Crippen LogP contribution is 2.38. The quantitative estimate of drug-likeness (QED) is 0.437. The van der Waals surface area contributed by atoms with Crippen molar-refractivity contribution in [1.82, 2.24) is 25.0 Å². The molecule has 5 rings (SSSR count). The number of para-hydroxylation sites is 1. The highest BCUT2D eigenvalue weighted by atomic mass is 16.6. The molecule has 0 bridgehead atoms. The summed E-state index contributed by atoms with van der Waals surface area (Å²) in [6.45, 7) is 6.21. The number of likely N-dealkylation sites (tertiary alicyclic amines) is 1. The second-order valence-corrected chi connectivity index (χ2v) is 8.46. The number of hydrogen-bond donors (Lipinski definition) is 1. The lowest BCUT2D eigenvalue weighted by molar-refractivity contribution is -0.384. The van der Waals surface area contributed by atoms with Gasteiger partial charge in [0.1, 0.15) is 11.6 Å². The number of nitro groups is 1. The summed E-state index contributed by atoms with van der Waals surface area (Å²) in [5.74, 6) is 2.48. The van der Waals surface area contributed by atoms with Gasteiger partial charge >= 0.3 is 0 Å². The van der Waals surface area contributed by atoms with Gasteiger partial charge in [-0.05, 0) is 44.5 Å². The van der Waals surface area contributed by atoms with E-state index in [0.29, 0.717) is 13.2 Å². The Hall–Kier alpha value is -3.30. The standard InChI is InChI=1S/C24H28N6O3/c1-2-33-20-10-6-9-19-23(17-7-5-8-18(15-17)30(31)32)25-16-22-27-26-21(29(22)24(19)20)11-14-28-12-3-4-13-28/h5-10,15,23,25H,2-4,11-14,16H2,1H3. The second kappa shape index (κ2) is 9.29. The van der Waals surface area contributed by atoms with Crippen LogP contribution in [0.1, 0.15) is 48.6 Å². The predicted molar refractivity (Wildman–Crippen MR) is 124 cm³/mol. The fourth-order valence-electron chi connectivity index (χ4n) is 4.85. The van der Waals surface area contributed by atoms with E-state index in [0.717, 1.165) is 60.3 Å². The number of ether oxygens (including phenoxy) is 1. The molecule has 9 heteroatoms. The zero-order chi connectivity index (χ0) is 22.8. The molecule has 2 aromatic carbocycles. The van der Waals surface area contributed by atoms with Crippen LogP contribution in [0.4, 0.5) is 5.69 Å². The molecule has 2 aliphatic heterocycles. The molecule has 33 heavy (non-hydrogen) atoms. The molecule has 1 aromatic heterocycles. The van der Waals surface area contributed by atoms with Crippen molar-refractivity contribution in [1.29, 1.82) is 0 Å². The molecule has 0 saturated carbocycles. The van der Waals surface area contributed by atoms with Crippen LogP contribution in [0.5, 0.6) is 5.75 Å². The lowest BCUT2D eigenvalue weighted by Crippen LogP contribution is -2.23. The van der Waals surface area contributed by atoms with Gasteiger partial charge in [0.2, 0.25) is 0 Å². The SMILES string of the molecule is CCOc1cccc2c1-n1c(CCN3CCCC3)nnc1CNC2c1cccc([N+](=O)[O-])c1. The van der Waals surface area contributed by atoms with Crippen LogP contribution in [-0.4, -0.2) is 50.8 Å². The Bertz CT molecular complexity index is 1150. The van der Waals surface area contributed by atoms with Crippen molar-refractivity contribution in [3.05, 3.63) is 75.4 Å². The van der Waals surface area contributed by atoms with Crippen LogP contribution in [0, 0.1) is 10.1 Å². The molecule has 1 N–H and O–H groups in total. The third-order valence-electron chi connectivity index (χ3n) is 6.39. The zero-order valence-corrected chi connectivity index (χ0v) is 18.7. The molecule has 0 radical (unpaired) electrons. The summed E-state index contributed by atoms with van der Waals surface area (Å²) in [5, 5.41) is 24.0. The molecule has 2 aliphatic rings. The Kier molecular flexibility index (Phi) is 6.06. The van der Waals surface area contributed by atoms with E-state index in [4.69, 9.17) is 4.74 Å². The zero-order valence-electron chi connectivity index (χ0n) is 18.7. The van der Waals surface area contributed by atoms with Crippen molar-refractivity contribution in [2.24, 2.45) is 0 Å². The molecule has 1 unspecified atom stereocenters. The molecule has 3 heterocycles. The van der Waals surface area contributed by atoms with Crippen LogP contribution in [0.25, 0.3) is 5.69 Å². The maximum atomic E-state index is 11.4. The topological polar surface area (TPSA) is 98.3 Å². The number of nitro benzene ring substituents is 1. The van der Waals surface area contributed by atoms with Gasteiger partial charge in [0, 0.05) is 30.7 Å². The number of hydrogen-bond acceptors (Lipinski definition) is 7. The van der Waals surface area contributed by atoms with E-state index in [1.807, 2.05) is 31.2 Å². The van der Waals surface area contributed by atoms with E-state index < -0.39 is 0 Å². The first-order valence-corrected chi connectivity index (χ1v) is 11.5. The number of rotatable bonds is 7. The second-order valence-electron chi connectivity index (χ2n) is 8.46. The average molecular weight is 449 g/mol. The van der Waals surface area contributed by atoms with E-state index in [2.05, 4.69) is 25.0 Å². The summed E-state index contributed by atoms with van der Waals surface area (Å²) < 4.78 is 8.17. The fourth-order valence-corrected chi connectivity index (χ4v) is 4.85. The first-order chi connectivity index (χ1) is 16.2. The van der Waals surface area contributed by atoms with Gasteiger partial charge in [0.25, 0.3) is 5.69 Å². The Morgan fingerprint density at radius 1 is 1.18 bits per heavy atom. The minimum absolute atomic E-state index is 0.0757. The smallest absolute Gasteiger partial charge is 0.269 e. The molecule has 0 amide bonds. The van der Waals surface area contributed by atoms with Crippen LogP contribution < -0.4 is 10.1 Å². The fraction of sp³-hybridized carbons (Fsp3) is 0.417. The Morgan fingerprint density at radius 2 is 2.00 bits per heavy atom. The number of nitrogens with zero attached hydrogens (tertiary/aromatic N) is 5. The van der Waals surface area contributed by atoms with Gasteiger partial charge in [-0.1, -0.05) is 24.3 Å². The minimum Gasteiger partial charge on any atom is -0.492 e. The van der Waals surface area contributed by atoms with Gasteiger partial charge in [0.15, 0.2) is 5.82 Å². The minimum atomic E-state index is -0.358.